The number of nitrogens with zero attached hydrogens (tertiary/aromatic N) is 2. The number of pyridine rings is 2. The van der Waals surface area contributed by atoms with Crippen molar-refractivity contribution in [3.63, 3.8) is 0 Å². The Bertz CT molecular complexity index is 2170. The minimum atomic E-state index is -4.50. The summed E-state index contributed by atoms with van der Waals surface area (Å²) >= 11 is 0. The van der Waals surface area contributed by atoms with Crippen LogP contribution in [0.25, 0.3) is 38.9 Å². The molecule has 0 amide bonds. The maximum Gasteiger partial charge on any atom is 0.416 e. The molecule has 6 rings (SSSR count). The minimum Gasteiger partial charge on any atom is -0.496 e. The number of hydrogen-bond donors (Lipinski definition) is 0. The Labute approximate surface area is 266 Å². The lowest BCUT2D eigenvalue weighted by atomic mass is 9.86. The van der Waals surface area contributed by atoms with Crippen molar-refractivity contribution in [3.05, 3.63) is 93.7 Å². The van der Waals surface area contributed by atoms with Crippen LogP contribution in [0.5, 0.6) is 11.5 Å². The van der Waals surface area contributed by atoms with Crippen LogP contribution in [0.15, 0.2) is 71.5 Å². The van der Waals surface area contributed by atoms with E-state index in [4.69, 9.17) is 23.9 Å². The molecule has 5 aromatic rings. The second-order valence-electron chi connectivity index (χ2n) is 11.7. The van der Waals surface area contributed by atoms with E-state index in [1.54, 1.807) is 37.6 Å². The summed E-state index contributed by atoms with van der Waals surface area (Å²) in [6, 6.07) is 14.9. The van der Waals surface area contributed by atoms with Crippen LogP contribution < -0.4 is 14.9 Å². The normalized spacial score (nSPS) is 17.4. The Morgan fingerprint density at radius 2 is 1.74 bits per heavy atom. The van der Waals surface area contributed by atoms with Gasteiger partial charge in [-0.2, -0.15) is 13.2 Å². The Morgan fingerprint density at radius 1 is 1.04 bits per heavy atom. The largest absolute Gasteiger partial charge is 0.496 e. The number of hydrogen-bond acceptors (Lipinski definition) is 8. The van der Waals surface area contributed by atoms with Crippen molar-refractivity contribution >= 4 is 50.9 Å². The number of carbonyl (C=O) groups excluding carboxylic acids is 2. The van der Waals surface area contributed by atoms with E-state index in [0.717, 1.165) is 23.6 Å². The smallest absolute Gasteiger partial charge is 0.416 e. The number of ether oxygens (including phenoxy) is 4. The molecule has 0 aliphatic carbocycles. The Hall–Kier alpha value is -5.39. The number of carbonyl (C=O) groups is 2. The van der Waals surface area contributed by atoms with E-state index < -0.39 is 41.5 Å². The van der Waals surface area contributed by atoms with Crippen molar-refractivity contribution < 1.29 is 41.7 Å². The molecule has 242 valence electrons. The molecule has 3 aromatic carbocycles. The number of alkyl halides is 3. The lowest BCUT2D eigenvalue weighted by Crippen LogP contribution is -2.52. The summed E-state index contributed by atoms with van der Waals surface area (Å²) in [6.45, 7) is 4.50. The number of para-hydroxylation sites is 1. The summed E-state index contributed by atoms with van der Waals surface area (Å²) in [7, 11) is 3.14. The molecule has 0 radical (unpaired) electrons. The molecule has 0 saturated heterocycles. The fourth-order valence-corrected chi connectivity index (χ4v) is 5.97. The summed E-state index contributed by atoms with van der Waals surface area (Å²) < 4.78 is 64.3. The van der Waals surface area contributed by atoms with E-state index in [9.17, 15) is 27.6 Å². The van der Waals surface area contributed by atoms with Crippen LogP contribution in [0.3, 0.4) is 0 Å². The van der Waals surface area contributed by atoms with Crippen molar-refractivity contribution in [1.82, 2.24) is 9.55 Å². The lowest BCUT2D eigenvalue weighted by Gasteiger charge is -2.43. The summed E-state index contributed by atoms with van der Waals surface area (Å²) in [6.07, 6.45) is -4.60. The van der Waals surface area contributed by atoms with Crippen LogP contribution in [0.2, 0.25) is 0 Å². The number of methoxy groups -OCH3 is 1. The molecule has 2 aromatic heterocycles. The molecule has 0 N–H and O–H groups in total. The maximum atomic E-state index is 14.1. The van der Waals surface area contributed by atoms with Crippen LogP contribution >= 0.6 is 0 Å². The van der Waals surface area contributed by atoms with Gasteiger partial charge in [-0.1, -0.05) is 30.3 Å². The van der Waals surface area contributed by atoms with E-state index in [2.05, 4.69) is 0 Å². The predicted molar refractivity (Wildman–Crippen MR) is 168 cm³/mol. The van der Waals surface area contributed by atoms with Crippen molar-refractivity contribution in [2.75, 3.05) is 7.11 Å². The van der Waals surface area contributed by atoms with Crippen LogP contribution in [0.4, 0.5) is 13.2 Å². The number of esters is 2. The van der Waals surface area contributed by atoms with Gasteiger partial charge >= 0.3 is 18.1 Å². The molecule has 0 saturated carbocycles. The van der Waals surface area contributed by atoms with E-state index >= 15 is 0 Å². The van der Waals surface area contributed by atoms with E-state index in [1.807, 2.05) is 24.3 Å². The third-order valence-corrected chi connectivity index (χ3v) is 8.12. The lowest BCUT2D eigenvalue weighted by molar-refractivity contribution is -0.185. The number of halogens is 3. The summed E-state index contributed by atoms with van der Waals surface area (Å²) in [5.74, 6) is -1.08. The van der Waals surface area contributed by atoms with Gasteiger partial charge in [-0.3, -0.25) is 9.59 Å². The van der Waals surface area contributed by atoms with Gasteiger partial charge < -0.3 is 23.5 Å². The predicted octanol–water partition coefficient (Wildman–Crippen LogP) is 6.67. The third kappa shape index (κ3) is 5.64. The number of aromatic nitrogens is 2. The SMILES string of the molecule is COc1cc2c(c3c1c(=O)c1cc4ccccc4nc1n3C)[C@@H](OC(C)=O)[C@@H](OC(=O)/C=C/c1ccc(C(F)(F)F)cc1)C(C)(C)O2. The topological polar surface area (TPSA) is 106 Å². The highest BCUT2D eigenvalue weighted by atomic mass is 19.4. The molecule has 0 fully saturated rings. The number of fused-ring (bicyclic) bond motifs is 5. The highest BCUT2D eigenvalue weighted by molar-refractivity contribution is 6.02. The van der Waals surface area contributed by atoms with E-state index in [-0.39, 0.29) is 27.9 Å². The summed E-state index contributed by atoms with van der Waals surface area (Å²) in [5, 5.41) is 1.30. The molecule has 0 bridgehead atoms. The molecule has 1 aliphatic heterocycles. The molecular weight excluding hydrogens is 617 g/mol. The fraction of sp³-hybridized carbons (Fsp3) is 0.257. The van der Waals surface area contributed by atoms with E-state index in [0.29, 0.717) is 27.6 Å². The zero-order valence-corrected chi connectivity index (χ0v) is 26.0. The third-order valence-electron chi connectivity index (χ3n) is 8.12. The van der Waals surface area contributed by atoms with Gasteiger partial charge in [0, 0.05) is 31.5 Å². The van der Waals surface area contributed by atoms with Crippen LogP contribution in [-0.4, -0.2) is 40.3 Å². The molecule has 1 aliphatic rings. The Kier molecular flexibility index (Phi) is 7.69. The quantitative estimate of drug-likeness (QED) is 0.119. The first-order valence-corrected chi connectivity index (χ1v) is 14.5. The van der Waals surface area contributed by atoms with Gasteiger partial charge in [-0.25, -0.2) is 9.78 Å². The average Bonchev–Trinajstić information content (AvgIpc) is 3.02. The number of rotatable bonds is 5. The number of benzene rings is 3. The van der Waals surface area contributed by atoms with Crippen molar-refractivity contribution in [2.24, 2.45) is 7.05 Å². The standard InChI is InChI=1S/C35H29F3N2O7/c1-18(41)45-31-28-25(47-34(2,3)32(31)46-26(42)15-12-19-10-13-21(14-11-19)35(36,37)38)17-24(44-5)27-29(28)40(4)33-22(30(27)43)16-20-8-6-7-9-23(20)39-33/h6-17,31-32H,1-5H3/b15-12+/t31-,32-/m1/s1. The first-order chi connectivity index (χ1) is 22.2. The molecule has 12 heteroatoms. The van der Waals surface area contributed by atoms with Crippen LogP contribution in [0, 0.1) is 0 Å². The molecule has 3 heterocycles. The highest BCUT2D eigenvalue weighted by Crippen LogP contribution is 2.49. The van der Waals surface area contributed by atoms with Gasteiger partial charge in [0.15, 0.2) is 12.2 Å². The van der Waals surface area contributed by atoms with Gasteiger partial charge in [-0.15, -0.1) is 0 Å². The van der Waals surface area contributed by atoms with Crippen molar-refractivity contribution in [3.8, 4) is 11.5 Å². The fourth-order valence-electron chi connectivity index (χ4n) is 5.97. The molecule has 2 atom stereocenters. The van der Waals surface area contributed by atoms with Crippen LogP contribution in [-0.2, 0) is 32.3 Å². The first kappa shape index (κ1) is 31.6. The number of aryl methyl sites for hydroxylation is 1. The Morgan fingerprint density at radius 3 is 2.40 bits per heavy atom. The van der Waals surface area contributed by atoms with Crippen LogP contribution in [0.1, 0.15) is 43.6 Å². The average molecular weight is 647 g/mol. The van der Waals surface area contributed by atoms with Crippen molar-refractivity contribution in [2.45, 2.75) is 44.8 Å². The minimum absolute atomic E-state index is 0.186. The van der Waals surface area contributed by atoms with Gasteiger partial charge in [0.05, 0.1) is 40.0 Å². The second kappa shape index (κ2) is 11.4. The van der Waals surface area contributed by atoms with Gasteiger partial charge in [0.25, 0.3) is 0 Å². The zero-order valence-electron chi connectivity index (χ0n) is 26.0. The second-order valence-corrected chi connectivity index (χ2v) is 11.7. The van der Waals surface area contributed by atoms with Crippen molar-refractivity contribution in [1.29, 1.82) is 0 Å². The highest BCUT2D eigenvalue weighted by Gasteiger charge is 2.50. The summed E-state index contributed by atoms with van der Waals surface area (Å²) in [5.41, 5.74) is -0.535. The van der Waals surface area contributed by atoms with Gasteiger partial charge in [0.2, 0.25) is 5.43 Å². The molecule has 0 spiro atoms. The molecular formula is C35H29F3N2O7. The summed E-state index contributed by atoms with van der Waals surface area (Å²) in [4.78, 5) is 44.6. The zero-order chi connectivity index (χ0) is 33.8. The monoisotopic (exact) mass is 646 g/mol. The Balaban J connectivity index is 1.50. The molecule has 47 heavy (non-hydrogen) atoms. The van der Waals surface area contributed by atoms with E-state index in [1.165, 1.54) is 32.2 Å². The first-order valence-electron chi connectivity index (χ1n) is 14.5. The molecule has 9 nitrogen and oxygen atoms in total. The van der Waals surface area contributed by atoms with Gasteiger partial charge in [-0.05, 0) is 49.8 Å². The maximum absolute atomic E-state index is 14.1. The van der Waals surface area contributed by atoms with Gasteiger partial charge in [0.1, 0.15) is 22.7 Å². The molecule has 0 unspecified atom stereocenters.